The van der Waals surface area contributed by atoms with Gasteiger partial charge in [0.1, 0.15) is 0 Å². The van der Waals surface area contributed by atoms with E-state index in [4.69, 9.17) is 0 Å². The van der Waals surface area contributed by atoms with Crippen LogP contribution in [0.25, 0.3) is 0 Å². The van der Waals surface area contributed by atoms with Gasteiger partial charge in [-0.25, -0.2) is 0 Å². The minimum absolute atomic E-state index is 0.100. The molecular weight excluding hydrogens is 178 g/mol. The molecule has 0 saturated carbocycles. The monoisotopic (exact) mass is 187 g/mol. The predicted molar refractivity (Wildman–Crippen MR) is 51.0 cm³/mol. The summed E-state index contributed by atoms with van der Waals surface area (Å²) in [5.74, 6) is -0.100. The van der Waals surface area contributed by atoms with Crippen molar-refractivity contribution in [3.05, 3.63) is 47.3 Å². The molecule has 0 spiro atoms. The van der Waals surface area contributed by atoms with E-state index in [2.05, 4.69) is 15.4 Å². The summed E-state index contributed by atoms with van der Waals surface area (Å²) >= 11 is 0. The van der Waals surface area contributed by atoms with E-state index >= 15 is 0 Å². The van der Waals surface area contributed by atoms with Crippen molar-refractivity contribution in [2.75, 3.05) is 0 Å². The van der Waals surface area contributed by atoms with Crippen LogP contribution in [-0.2, 0) is 0 Å². The summed E-state index contributed by atoms with van der Waals surface area (Å²) in [6.07, 6.45) is 1.49. The fourth-order valence-corrected chi connectivity index (χ4v) is 1.28. The third-order valence-corrected chi connectivity index (χ3v) is 2.04. The Kier molecular flexibility index (Phi) is 2.10. The number of benzene rings is 1. The molecule has 1 heterocycles. The van der Waals surface area contributed by atoms with Gasteiger partial charge in [-0.05, 0) is 12.5 Å². The highest BCUT2D eigenvalue weighted by Crippen LogP contribution is 2.10. The quantitative estimate of drug-likeness (QED) is 0.722. The summed E-state index contributed by atoms with van der Waals surface area (Å²) in [6, 6.07) is 7.41. The fraction of sp³-hybridized carbons (Fsp3) is 0.100. The van der Waals surface area contributed by atoms with E-state index in [-0.39, 0.29) is 5.78 Å². The van der Waals surface area contributed by atoms with Crippen LogP contribution in [0, 0.1) is 6.92 Å². The smallest absolute Gasteiger partial charge is 0.215 e. The second-order valence-corrected chi connectivity index (χ2v) is 3.00. The van der Waals surface area contributed by atoms with Crippen LogP contribution >= 0.6 is 0 Å². The topological polar surface area (TPSA) is 58.6 Å². The first-order valence-electron chi connectivity index (χ1n) is 4.26. The number of H-pyrrole nitrogens is 1. The minimum atomic E-state index is -0.100. The molecular formula is C10H9N3O. The molecule has 0 bridgehead atoms. The molecule has 1 aromatic carbocycles. The molecule has 0 amide bonds. The second kappa shape index (κ2) is 3.41. The molecule has 0 unspecified atom stereocenters. The third kappa shape index (κ3) is 1.42. The van der Waals surface area contributed by atoms with Crippen molar-refractivity contribution in [2.24, 2.45) is 0 Å². The molecule has 2 rings (SSSR count). The van der Waals surface area contributed by atoms with Crippen LogP contribution in [0.2, 0.25) is 0 Å². The number of aromatic amines is 1. The zero-order chi connectivity index (χ0) is 9.97. The largest absolute Gasteiger partial charge is 0.287 e. The van der Waals surface area contributed by atoms with E-state index in [1.807, 2.05) is 25.1 Å². The van der Waals surface area contributed by atoms with Crippen LogP contribution in [-0.4, -0.2) is 21.2 Å². The van der Waals surface area contributed by atoms with Gasteiger partial charge in [0.05, 0.1) is 6.20 Å². The van der Waals surface area contributed by atoms with Gasteiger partial charge in [0.15, 0.2) is 5.69 Å². The van der Waals surface area contributed by atoms with Crippen molar-refractivity contribution in [1.29, 1.82) is 0 Å². The maximum absolute atomic E-state index is 11.8. The Morgan fingerprint density at radius 2 is 2.14 bits per heavy atom. The van der Waals surface area contributed by atoms with Gasteiger partial charge in [0.2, 0.25) is 5.78 Å². The van der Waals surface area contributed by atoms with Crippen molar-refractivity contribution in [2.45, 2.75) is 6.92 Å². The standard InChI is InChI=1S/C10H9N3O/c1-7-4-2-3-5-8(7)10(14)9-6-11-13-12-9/h2-6H,1H3,(H,11,12,13). The van der Waals surface area contributed by atoms with Gasteiger partial charge in [0.25, 0.3) is 0 Å². The number of hydrogen-bond donors (Lipinski definition) is 1. The molecule has 0 atom stereocenters. The number of ketones is 1. The highest BCUT2D eigenvalue weighted by Gasteiger charge is 2.12. The molecule has 1 aromatic heterocycles. The van der Waals surface area contributed by atoms with Gasteiger partial charge in [-0.1, -0.05) is 29.5 Å². The predicted octanol–water partition coefficient (Wildman–Crippen LogP) is 1.34. The van der Waals surface area contributed by atoms with Crippen molar-refractivity contribution < 1.29 is 4.79 Å². The van der Waals surface area contributed by atoms with Crippen LogP contribution < -0.4 is 0 Å². The molecule has 0 fully saturated rings. The lowest BCUT2D eigenvalue weighted by Crippen LogP contribution is -2.03. The average Bonchev–Trinajstić information content (AvgIpc) is 2.70. The van der Waals surface area contributed by atoms with Crippen LogP contribution in [0.3, 0.4) is 0 Å². The maximum atomic E-state index is 11.8. The van der Waals surface area contributed by atoms with E-state index in [0.29, 0.717) is 11.3 Å². The first kappa shape index (κ1) is 8.62. The van der Waals surface area contributed by atoms with E-state index in [1.165, 1.54) is 6.20 Å². The Morgan fingerprint density at radius 3 is 2.79 bits per heavy atom. The Bertz CT molecular complexity index is 448. The van der Waals surface area contributed by atoms with Crippen LogP contribution in [0.15, 0.2) is 30.5 Å². The Morgan fingerprint density at radius 1 is 1.36 bits per heavy atom. The van der Waals surface area contributed by atoms with Gasteiger partial charge in [0, 0.05) is 5.56 Å². The van der Waals surface area contributed by atoms with Gasteiger partial charge in [-0.15, -0.1) is 5.10 Å². The first-order valence-corrected chi connectivity index (χ1v) is 4.26. The van der Waals surface area contributed by atoms with Crippen LogP contribution in [0.5, 0.6) is 0 Å². The lowest BCUT2D eigenvalue weighted by Gasteiger charge is -2.00. The summed E-state index contributed by atoms with van der Waals surface area (Å²) in [5, 5.41) is 9.70. The number of aromatic nitrogens is 3. The number of carbonyl (C=O) groups excluding carboxylic acids is 1. The molecule has 0 aliphatic rings. The number of carbonyl (C=O) groups is 1. The second-order valence-electron chi connectivity index (χ2n) is 3.00. The first-order chi connectivity index (χ1) is 6.79. The van der Waals surface area contributed by atoms with Gasteiger partial charge < -0.3 is 0 Å². The maximum Gasteiger partial charge on any atom is 0.215 e. The number of nitrogens with one attached hydrogen (secondary N) is 1. The molecule has 2 aromatic rings. The summed E-state index contributed by atoms with van der Waals surface area (Å²) in [4.78, 5) is 11.8. The average molecular weight is 187 g/mol. The van der Waals surface area contributed by atoms with E-state index < -0.39 is 0 Å². The molecule has 1 N–H and O–H groups in total. The molecule has 0 saturated heterocycles. The summed E-state index contributed by atoms with van der Waals surface area (Å²) in [5.41, 5.74) is 1.96. The van der Waals surface area contributed by atoms with Gasteiger partial charge in [-0.2, -0.15) is 0 Å². The molecule has 4 nitrogen and oxygen atoms in total. The normalized spacial score (nSPS) is 10.1. The summed E-state index contributed by atoms with van der Waals surface area (Å²) in [7, 11) is 0. The van der Waals surface area contributed by atoms with Crippen molar-refractivity contribution >= 4 is 5.78 Å². The van der Waals surface area contributed by atoms with Gasteiger partial charge >= 0.3 is 0 Å². The lowest BCUT2D eigenvalue weighted by atomic mass is 10.0. The van der Waals surface area contributed by atoms with E-state index in [1.54, 1.807) is 6.07 Å². The van der Waals surface area contributed by atoms with Crippen LogP contribution in [0.1, 0.15) is 21.6 Å². The van der Waals surface area contributed by atoms with E-state index in [0.717, 1.165) is 5.56 Å². The summed E-state index contributed by atoms with van der Waals surface area (Å²) < 4.78 is 0. The minimum Gasteiger partial charge on any atom is -0.287 e. The number of rotatable bonds is 2. The lowest BCUT2D eigenvalue weighted by molar-refractivity contribution is 0.103. The van der Waals surface area contributed by atoms with Crippen molar-refractivity contribution in [3.8, 4) is 0 Å². The molecule has 70 valence electrons. The van der Waals surface area contributed by atoms with Crippen molar-refractivity contribution in [3.63, 3.8) is 0 Å². The molecule has 0 aliphatic carbocycles. The molecule has 0 aliphatic heterocycles. The van der Waals surface area contributed by atoms with Crippen LogP contribution in [0.4, 0.5) is 0 Å². The number of hydrogen-bond acceptors (Lipinski definition) is 3. The molecule has 0 radical (unpaired) electrons. The van der Waals surface area contributed by atoms with Gasteiger partial charge in [-0.3, -0.25) is 9.89 Å². The zero-order valence-corrected chi connectivity index (χ0v) is 7.69. The highest BCUT2D eigenvalue weighted by molar-refractivity contribution is 6.08. The Labute approximate surface area is 81.0 Å². The number of nitrogens with zero attached hydrogens (tertiary/aromatic N) is 2. The summed E-state index contributed by atoms with van der Waals surface area (Å²) in [6.45, 7) is 1.90. The van der Waals surface area contributed by atoms with E-state index in [9.17, 15) is 4.79 Å². The molecule has 14 heavy (non-hydrogen) atoms. The highest BCUT2D eigenvalue weighted by atomic mass is 16.1. The van der Waals surface area contributed by atoms with Crippen molar-refractivity contribution in [1.82, 2.24) is 15.4 Å². The Hall–Kier alpha value is -1.97. The molecule has 4 heteroatoms. The zero-order valence-electron chi connectivity index (χ0n) is 7.69. The SMILES string of the molecule is Cc1ccccc1C(=O)c1c[nH]nn1. The third-order valence-electron chi connectivity index (χ3n) is 2.04. The number of aryl methyl sites for hydroxylation is 1. The Balaban J connectivity index is 2.42. The fourth-order valence-electron chi connectivity index (χ4n) is 1.28.